The van der Waals surface area contributed by atoms with Gasteiger partial charge < -0.3 is 10.4 Å². The molecule has 0 radical (unpaired) electrons. The molecule has 2 N–H and O–H groups in total. The summed E-state index contributed by atoms with van der Waals surface area (Å²) < 4.78 is 39.9. The Kier molecular flexibility index (Phi) is 4.91. The lowest BCUT2D eigenvalue weighted by Gasteiger charge is -2.14. The van der Waals surface area contributed by atoms with Gasteiger partial charge in [0.2, 0.25) is 0 Å². The average molecular weight is 353 g/mol. The molecular weight excluding hydrogens is 339 g/mol. The second kappa shape index (κ2) is 6.75. The lowest BCUT2D eigenvalue weighted by atomic mass is 10.2. The van der Waals surface area contributed by atoms with Crippen molar-refractivity contribution in [3.05, 3.63) is 46.3 Å². The fourth-order valence-corrected chi connectivity index (χ4v) is 2.15. The van der Waals surface area contributed by atoms with E-state index in [1.54, 1.807) is 0 Å². The van der Waals surface area contributed by atoms with Crippen LogP contribution in [-0.2, 0) is 6.18 Å². The maximum Gasteiger partial charge on any atom is 0.433 e. The van der Waals surface area contributed by atoms with Crippen molar-refractivity contribution >= 4 is 29.3 Å². The Morgan fingerprint density at radius 2 is 2.08 bits per heavy atom. The number of fused-ring (bicyclic) bond motifs is 1. The van der Waals surface area contributed by atoms with Gasteiger partial charge in [-0.05, 0) is 25.8 Å². The number of aliphatic hydroxyl groups is 1. The van der Waals surface area contributed by atoms with Crippen molar-refractivity contribution in [1.29, 1.82) is 0 Å². The Morgan fingerprint density at radius 1 is 1.40 bits per heavy atom. The van der Waals surface area contributed by atoms with Gasteiger partial charge >= 0.3 is 11.9 Å². The van der Waals surface area contributed by atoms with Crippen LogP contribution in [0.1, 0.15) is 12.6 Å². The molecule has 0 aliphatic rings. The molecule has 7 nitrogen and oxygen atoms in total. The molecule has 0 aliphatic carbocycles. The number of aromatic nitrogens is 3. The number of hydrogen-bond donors (Lipinski definition) is 2. The number of nitrogens with one attached hydrogen (secondary N) is 1. The number of alkyl halides is 3. The number of pyridine rings is 1. The first kappa shape index (κ1) is 18.2. The van der Waals surface area contributed by atoms with E-state index >= 15 is 0 Å². The summed E-state index contributed by atoms with van der Waals surface area (Å²) in [4.78, 5) is 23.2. The van der Waals surface area contributed by atoms with Gasteiger partial charge in [-0.2, -0.15) is 18.2 Å². The SMILES string of the molecule is C=N/C=C(\C=C(/C)O)n1c(=O)nc(NC)c2ccc(C(F)(F)F)nc21. The first-order valence-electron chi connectivity index (χ1n) is 6.91. The van der Waals surface area contributed by atoms with Crippen molar-refractivity contribution in [2.24, 2.45) is 4.99 Å². The number of hydrogen-bond acceptors (Lipinski definition) is 6. The quantitative estimate of drug-likeness (QED) is 0.501. The summed E-state index contributed by atoms with van der Waals surface area (Å²) >= 11 is 0. The van der Waals surface area contributed by atoms with Gasteiger partial charge in [-0.15, -0.1) is 0 Å². The van der Waals surface area contributed by atoms with Crippen LogP contribution in [0.3, 0.4) is 0 Å². The van der Waals surface area contributed by atoms with Gasteiger partial charge in [0.1, 0.15) is 11.5 Å². The topological polar surface area (TPSA) is 92.4 Å². The molecule has 25 heavy (non-hydrogen) atoms. The van der Waals surface area contributed by atoms with E-state index in [0.717, 1.165) is 29.0 Å². The third-order valence-corrected chi connectivity index (χ3v) is 3.11. The molecule has 0 fully saturated rings. The number of anilines is 1. The summed E-state index contributed by atoms with van der Waals surface area (Å²) in [6.07, 6.45) is -2.46. The minimum absolute atomic E-state index is 0.0352. The van der Waals surface area contributed by atoms with Crippen molar-refractivity contribution in [1.82, 2.24) is 14.5 Å². The van der Waals surface area contributed by atoms with Gasteiger partial charge in [-0.25, -0.2) is 14.3 Å². The molecule has 0 amide bonds. The van der Waals surface area contributed by atoms with E-state index in [9.17, 15) is 23.1 Å². The predicted octanol–water partition coefficient (Wildman–Crippen LogP) is 2.81. The zero-order valence-corrected chi connectivity index (χ0v) is 13.3. The van der Waals surface area contributed by atoms with Gasteiger partial charge in [0, 0.05) is 13.1 Å². The van der Waals surface area contributed by atoms with E-state index < -0.39 is 17.6 Å². The van der Waals surface area contributed by atoms with Crippen molar-refractivity contribution in [3.8, 4) is 0 Å². The molecule has 0 atom stereocenters. The number of aliphatic hydroxyl groups excluding tert-OH is 1. The van der Waals surface area contributed by atoms with E-state index in [1.807, 2.05) is 0 Å². The van der Waals surface area contributed by atoms with Crippen molar-refractivity contribution in [2.45, 2.75) is 13.1 Å². The number of allylic oxidation sites excluding steroid dienone is 3. The number of halogens is 3. The smallest absolute Gasteiger partial charge is 0.433 e. The summed E-state index contributed by atoms with van der Waals surface area (Å²) in [6.45, 7) is 4.58. The van der Waals surface area contributed by atoms with E-state index in [2.05, 4.69) is 27.0 Å². The third kappa shape index (κ3) is 3.67. The zero-order chi connectivity index (χ0) is 18.8. The molecule has 2 heterocycles. The monoisotopic (exact) mass is 353 g/mol. The highest BCUT2D eigenvalue weighted by Crippen LogP contribution is 2.30. The fraction of sp³-hybridized carbons (Fsp3) is 0.200. The lowest BCUT2D eigenvalue weighted by Crippen LogP contribution is -2.25. The van der Waals surface area contributed by atoms with Crippen LogP contribution in [0.5, 0.6) is 0 Å². The summed E-state index contributed by atoms with van der Waals surface area (Å²) in [7, 11) is 1.48. The van der Waals surface area contributed by atoms with Crippen LogP contribution in [0.2, 0.25) is 0 Å². The maximum atomic E-state index is 13.0. The number of rotatable bonds is 4. The minimum atomic E-state index is -4.69. The summed E-state index contributed by atoms with van der Waals surface area (Å²) in [5, 5.41) is 12.3. The first-order valence-corrected chi connectivity index (χ1v) is 6.91. The van der Waals surface area contributed by atoms with Crippen LogP contribution in [-0.4, -0.2) is 33.4 Å². The molecule has 0 bridgehead atoms. The molecule has 2 rings (SSSR count). The molecule has 0 spiro atoms. The van der Waals surface area contributed by atoms with E-state index in [0.29, 0.717) is 0 Å². The predicted molar refractivity (Wildman–Crippen MR) is 88.6 cm³/mol. The lowest BCUT2D eigenvalue weighted by molar-refractivity contribution is -0.141. The molecule has 0 unspecified atom stereocenters. The van der Waals surface area contributed by atoms with Gasteiger partial charge in [0.25, 0.3) is 0 Å². The molecule has 0 saturated carbocycles. The maximum absolute atomic E-state index is 13.0. The molecule has 0 aliphatic heterocycles. The van der Waals surface area contributed by atoms with Crippen LogP contribution >= 0.6 is 0 Å². The number of aliphatic imine (C=N–C) groups is 1. The van der Waals surface area contributed by atoms with Crippen LogP contribution in [0.15, 0.2) is 40.0 Å². The molecule has 0 aromatic carbocycles. The molecular formula is C15H14F3N5O2. The van der Waals surface area contributed by atoms with E-state index in [-0.39, 0.29) is 28.3 Å². The highest BCUT2D eigenvalue weighted by Gasteiger charge is 2.33. The van der Waals surface area contributed by atoms with Crippen LogP contribution < -0.4 is 11.0 Å². The number of nitrogens with zero attached hydrogens (tertiary/aromatic N) is 4. The Bertz CT molecular complexity index is 941. The molecule has 0 saturated heterocycles. The minimum Gasteiger partial charge on any atom is -0.513 e. The standard InChI is InChI=1S/C15H14F3N5O2/c1-8(24)6-9(7-19-2)23-13-10(12(20-3)22-14(23)25)4-5-11(21-13)15(16,17)18/h4-7,24H,2H2,1,3H3,(H,20,22,25)/b8-6+,9-7+. The summed E-state index contributed by atoms with van der Waals surface area (Å²) in [5.74, 6) is -0.118. The van der Waals surface area contributed by atoms with Crippen LogP contribution in [0.4, 0.5) is 19.0 Å². The van der Waals surface area contributed by atoms with Gasteiger partial charge in [-0.1, -0.05) is 0 Å². The van der Waals surface area contributed by atoms with E-state index in [4.69, 9.17) is 0 Å². The molecule has 10 heteroatoms. The van der Waals surface area contributed by atoms with Gasteiger partial charge in [0.05, 0.1) is 23.0 Å². The Morgan fingerprint density at radius 3 is 2.60 bits per heavy atom. The van der Waals surface area contributed by atoms with Crippen molar-refractivity contribution in [2.75, 3.05) is 12.4 Å². The molecule has 2 aromatic heterocycles. The normalized spacial score (nSPS) is 13.2. The molecule has 2 aromatic rings. The van der Waals surface area contributed by atoms with Crippen molar-refractivity contribution in [3.63, 3.8) is 0 Å². The largest absolute Gasteiger partial charge is 0.513 e. The van der Waals surface area contributed by atoms with Crippen molar-refractivity contribution < 1.29 is 18.3 Å². The highest BCUT2D eigenvalue weighted by molar-refractivity contribution is 5.89. The van der Waals surface area contributed by atoms with Gasteiger partial charge in [0.15, 0.2) is 5.65 Å². The zero-order valence-electron chi connectivity index (χ0n) is 13.3. The van der Waals surface area contributed by atoms with Crippen LogP contribution in [0, 0.1) is 0 Å². The summed E-state index contributed by atoms with van der Waals surface area (Å²) in [5.41, 5.74) is -2.38. The second-order valence-electron chi connectivity index (χ2n) is 4.92. The average Bonchev–Trinajstić information content (AvgIpc) is 2.52. The summed E-state index contributed by atoms with van der Waals surface area (Å²) in [6, 6.07) is 1.95. The third-order valence-electron chi connectivity index (χ3n) is 3.11. The Balaban J connectivity index is 2.98. The second-order valence-corrected chi connectivity index (χ2v) is 4.92. The molecule has 132 valence electrons. The van der Waals surface area contributed by atoms with Crippen LogP contribution in [0.25, 0.3) is 16.7 Å². The van der Waals surface area contributed by atoms with E-state index in [1.165, 1.54) is 14.0 Å². The first-order chi connectivity index (χ1) is 11.7. The highest BCUT2D eigenvalue weighted by atomic mass is 19.4. The fourth-order valence-electron chi connectivity index (χ4n) is 2.15. The van der Waals surface area contributed by atoms with Gasteiger partial charge in [-0.3, -0.25) is 4.99 Å². The Hall–Kier alpha value is -3.17. The Labute approximate surface area is 139 Å².